The van der Waals surface area contributed by atoms with Crippen LogP contribution in [-0.4, -0.2) is 90.7 Å². The van der Waals surface area contributed by atoms with E-state index in [0.717, 1.165) is 6.42 Å². The highest BCUT2D eigenvalue weighted by molar-refractivity contribution is 6.49. The number of nitrogens with two attached hydrogens (primary N) is 1. The number of amides is 2. The molecule has 10 nitrogen and oxygen atoms in total. The van der Waals surface area contributed by atoms with Crippen LogP contribution in [0.3, 0.4) is 0 Å². The van der Waals surface area contributed by atoms with Crippen molar-refractivity contribution in [2.45, 2.75) is 103 Å². The molecule has 2 saturated carbocycles. The summed E-state index contributed by atoms with van der Waals surface area (Å²) in [6.07, 6.45) is 0.725. The fraction of sp³-hybridized carbons (Fsp3) is 0.909. The summed E-state index contributed by atoms with van der Waals surface area (Å²) in [5.41, 5.74) is 6.02. The first-order valence-electron chi connectivity index (χ1n) is 12.0. The van der Waals surface area contributed by atoms with Crippen molar-refractivity contribution >= 4 is 18.9 Å². The maximum atomic E-state index is 12.1. The second-order valence-electron chi connectivity index (χ2n) is 10.1. The number of ether oxygens (including phenoxy) is 4. The molecule has 33 heavy (non-hydrogen) atoms. The maximum Gasteiger partial charge on any atom is 0.412 e. The minimum Gasteiger partial charge on any atom is -0.432 e. The first kappa shape index (κ1) is 26.4. The fourth-order valence-corrected chi connectivity index (χ4v) is 5.67. The number of piperidine rings is 1. The highest BCUT2D eigenvalue weighted by atomic mass is 16.8. The van der Waals surface area contributed by atoms with Crippen LogP contribution in [0.1, 0.15) is 47.5 Å². The average Bonchev–Trinajstić information content (AvgIpc) is 3.40. The Morgan fingerprint density at radius 3 is 2.48 bits per heavy atom. The molecular formula is C22H40BN3O7. The van der Waals surface area contributed by atoms with E-state index in [0.29, 0.717) is 13.0 Å². The number of carbonyl (C=O) groups excluding carboxylic acids is 2. The van der Waals surface area contributed by atoms with Gasteiger partial charge in [0.15, 0.2) is 5.79 Å². The van der Waals surface area contributed by atoms with Crippen molar-refractivity contribution in [2.24, 2.45) is 17.6 Å². The standard InChI is InChI=1S/C12H22N2O3.C10H18BNO4/c1-6(2)14-11(15)7-5-8(13)10-9(7)16-12(3,4)17-10;1-4-16-8-6-5-7(9(8)15-3)12(10(6)13)11(2)14/h6-10H,5,13H2,1-4H3,(H,14,15);6-9,14H,4-5H2,1-3H3/t7-,8+,9+,10-;/m0./s1. The molecule has 0 aromatic rings. The van der Waals surface area contributed by atoms with Crippen molar-refractivity contribution in [3.05, 3.63) is 0 Å². The van der Waals surface area contributed by atoms with Gasteiger partial charge < -0.3 is 39.8 Å². The van der Waals surface area contributed by atoms with Crippen LogP contribution in [0.4, 0.5) is 0 Å². The molecule has 4 N–H and O–H groups in total. The van der Waals surface area contributed by atoms with Crippen molar-refractivity contribution in [1.82, 2.24) is 10.1 Å². The van der Waals surface area contributed by atoms with Gasteiger partial charge in [-0.15, -0.1) is 0 Å². The molecule has 0 radical (unpaired) electrons. The van der Waals surface area contributed by atoms with Crippen LogP contribution in [0, 0.1) is 11.8 Å². The van der Waals surface area contributed by atoms with E-state index in [9.17, 15) is 14.6 Å². The van der Waals surface area contributed by atoms with Gasteiger partial charge in [-0.25, -0.2) is 0 Å². The van der Waals surface area contributed by atoms with E-state index in [1.54, 1.807) is 13.9 Å². The van der Waals surface area contributed by atoms with Crippen LogP contribution in [0.2, 0.25) is 6.82 Å². The minimum atomic E-state index is -0.747. The highest BCUT2D eigenvalue weighted by Gasteiger charge is 2.59. The second-order valence-corrected chi connectivity index (χ2v) is 10.1. The third kappa shape index (κ3) is 5.23. The van der Waals surface area contributed by atoms with Crippen molar-refractivity contribution in [3.8, 4) is 0 Å². The van der Waals surface area contributed by atoms with E-state index in [4.69, 9.17) is 24.7 Å². The number of methoxy groups -OCH3 is 1. The quantitative estimate of drug-likeness (QED) is 0.468. The molecule has 2 aliphatic carbocycles. The molecular weight excluding hydrogens is 429 g/mol. The lowest BCUT2D eigenvalue weighted by Gasteiger charge is -2.37. The first-order chi connectivity index (χ1) is 15.4. The number of hydrogen-bond donors (Lipinski definition) is 3. The van der Waals surface area contributed by atoms with E-state index >= 15 is 0 Å². The van der Waals surface area contributed by atoms with Crippen LogP contribution >= 0.6 is 0 Å². The van der Waals surface area contributed by atoms with Crippen molar-refractivity contribution in [3.63, 3.8) is 0 Å². The van der Waals surface area contributed by atoms with Crippen LogP contribution in [0.25, 0.3) is 0 Å². The van der Waals surface area contributed by atoms with Gasteiger partial charge in [0.1, 0.15) is 18.3 Å². The summed E-state index contributed by atoms with van der Waals surface area (Å²) in [4.78, 5) is 25.6. The fourth-order valence-electron chi connectivity index (χ4n) is 5.67. The van der Waals surface area contributed by atoms with Crippen LogP contribution in [0.15, 0.2) is 0 Å². The first-order valence-corrected chi connectivity index (χ1v) is 12.0. The summed E-state index contributed by atoms with van der Waals surface area (Å²) >= 11 is 0. The topological polar surface area (TPSA) is 133 Å². The molecule has 0 aromatic heterocycles. The van der Waals surface area contributed by atoms with Crippen LogP contribution in [0.5, 0.6) is 0 Å². The third-order valence-electron chi connectivity index (χ3n) is 6.83. The number of carbonyl (C=O) groups is 2. The molecule has 2 heterocycles. The van der Waals surface area contributed by atoms with E-state index in [1.165, 1.54) is 4.81 Å². The Morgan fingerprint density at radius 1 is 1.30 bits per heavy atom. The lowest BCUT2D eigenvalue weighted by Crippen LogP contribution is -2.57. The number of hydrogen-bond acceptors (Lipinski definition) is 8. The molecule has 2 amide bonds. The van der Waals surface area contributed by atoms with E-state index in [2.05, 4.69) is 5.32 Å². The van der Waals surface area contributed by atoms with Gasteiger partial charge in [0.25, 0.3) is 0 Å². The molecule has 4 unspecified atom stereocenters. The SMILES string of the molecule is CC(C)NC(=O)[C@H]1C[C@@H](N)[C@@H]2OC(C)(C)O[C@@H]21.CCOC1C2CC(C1OC)N(B(C)O)C2=O. The van der Waals surface area contributed by atoms with Gasteiger partial charge in [-0.2, -0.15) is 0 Å². The van der Waals surface area contributed by atoms with Crippen molar-refractivity contribution < 1.29 is 33.6 Å². The summed E-state index contributed by atoms with van der Waals surface area (Å²) in [5, 5.41) is 12.5. The molecule has 188 valence electrons. The van der Waals surface area contributed by atoms with E-state index < -0.39 is 12.8 Å². The number of fused-ring (bicyclic) bond motifs is 3. The van der Waals surface area contributed by atoms with Crippen LogP contribution < -0.4 is 11.1 Å². The molecule has 2 saturated heterocycles. The molecule has 0 aromatic carbocycles. The lowest BCUT2D eigenvalue weighted by molar-refractivity contribution is -0.161. The predicted molar refractivity (Wildman–Crippen MR) is 122 cm³/mol. The third-order valence-corrected chi connectivity index (χ3v) is 6.83. The van der Waals surface area contributed by atoms with Crippen molar-refractivity contribution in [1.29, 1.82) is 0 Å². The van der Waals surface area contributed by atoms with Gasteiger partial charge in [0.05, 0.1) is 24.0 Å². The zero-order valence-electron chi connectivity index (χ0n) is 20.8. The summed E-state index contributed by atoms with van der Waals surface area (Å²) in [5.74, 6) is -0.969. The molecule has 0 spiro atoms. The predicted octanol–water partition coefficient (Wildman–Crippen LogP) is 0.126. The number of nitrogens with zero attached hydrogens (tertiary/aromatic N) is 1. The summed E-state index contributed by atoms with van der Waals surface area (Å²) in [6, 6.07) is -0.0307. The Kier molecular flexibility index (Phi) is 8.13. The van der Waals surface area contributed by atoms with E-state index in [1.807, 2.05) is 34.6 Å². The molecule has 4 fully saturated rings. The normalized spacial score (nSPS) is 38.4. The molecule has 2 bridgehead atoms. The molecule has 8 atom stereocenters. The summed E-state index contributed by atoms with van der Waals surface area (Å²) in [6.45, 7) is 11.7. The average molecular weight is 469 g/mol. The number of rotatable bonds is 6. The summed E-state index contributed by atoms with van der Waals surface area (Å²) in [7, 11) is 0.880. The molecule has 11 heteroatoms. The van der Waals surface area contributed by atoms with Gasteiger partial charge in [-0.1, -0.05) is 0 Å². The van der Waals surface area contributed by atoms with Gasteiger partial charge in [0, 0.05) is 25.8 Å². The smallest absolute Gasteiger partial charge is 0.412 e. The zero-order chi connectivity index (χ0) is 24.7. The second kappa shape index (κ2) is 10.2. The Hall–Kier alpha value is -1.24. The summed E-state index contributed by atoms with van der Waals surface area (Å²) < 4.78 is 22.5. The van der Waals surface area contributed by atoms with Gasteiger partial charge in [-0.3, -0.25) is 9.59 Å². The Labute approximate surface area is 196 Å². The molecule has 4 aliphatic rings. The lowest BCUT2D eigenvalue weighted by atomic mass is 9.81. The largest absolute Gasteiger partial charge is 0.432 e. The Bertz CT molecular complexity index is 722. The monoisotopic (exact) mass is 469 g/mol. The van der Waals surface area contributed by atoms with Gasteiger partial charge in [-0.05, 0) is 54.3 Å². The number of nitrogens with one attached hydrogen (secondary N) is 1. The van der Waals surface area contributed by atoms with E-state index in [-0.39, 0.29) is 66.2 Å². The van der Waals surface area contributed by atoms with Crippen LogP contribution in [-0.2, 0) is 28.5 Å². The van der Waals surface area contributed by atoms with Crippen molar-refractivity contribution in [2.75, 3.05) is 13.7 Å². The van der Waals surface area contributed by atoms with Gasteiger partial charge >= 0.3 is 7.05 Å². The van der Waals surface area contributed by atoms with Gasteiger partial charge in [0.2, 0.25) is 11.8 Å². The molecule has 2 aliphatic heterocycles. The maximum absolute atomic E-state index is 12.1. The Morgan fingerprint density at radius 2 is 1.94 bits per heavy atom. The highest BCUT2D eigenvalue weighted by Crippen LogP contribution is 2.42. The zero-order valence-corrected chi connectivity index (χ0v) is 20.8. The minimum absolute atomic E-state index is 0.00764. The Balaban J connectivity index is 0.000000186. The molecule has 4 rings (SSSR count).